The van der Waals surface area contributed by atoms with Crippen molar-refractivity contribution >= 4 is 33.8 Å². The van der Waals surface area contributed by atoms with E-state index in [4.69, 9.17) is 0 Å². The molecule has 1 N–H and O–H groups in total. The highest BCUT2D eigenvalue weighted by Crippen LogP contribution is 2.26. The van der Waals surface area contributed by atoms with Gasteiger partial charge in [0.1, 0.15) is 12.1 Å². The molecule has 1 amide bonds. The summed E-state index contributed by atoms with van der Waals surface area (Å²) in [6.45, 7) is 1.85. The minimum Gasteiger partial charge on any atom is -0.340 e. The molecule has 3 aromatic rings. The Morgan fingerprint density at radius 2 is 2.04 bits per heavy atom. The van der Waals surface area contributed by atoms with E-state index in [1.54, 1.807) is 24.3 Å². The first-order chi connectivity index (χ1) is 11.5. The van der Waals surface area contributed by atoms with Gasteiger partial charge in [-0.25, -0.2) is 19.3 Å². The normalized spacial score (nSPS) is 10.5. The van der Waals surface area contributed by atoms with Gasteiger partial charge in [0.2, 0.25) is 0 Å². The maximum atomic E-state index is 14.2. The maximum absolute atomic E-state index is 14.2. The topological polar surface area (TPSA) is 71.0 Å². The second-order valence-corrected chi connectivity index (χ2v) is 5.93. The molecule has 0 aliphatic rings. The van der Waals surface area contributed by atoms with E-state index < -0.39 is 5.82 Å². The van der Waals surface area contributed by atoms with Crippen molar-refractivity contribution in [2.45, 2.75) is 6.92 Å². The van der Waals surface area contributed by atoms with Crippen LogP contribution in [0, 0.1) is 12.7 Å². The van der Waals surface area contributed by atoms with Crippen LogP contribution in [0.2, 0.25) is 0 Å². The first kappa shape index (κ1) is 16.0. The number of benzene rings is 1. The van der Waals surface area contributed by atoms with E-state index in [9.17, 15) is 9.18 Å². The molecule has 1 aromatic carbocycles. The number of halogens is 1. The quantitative estimate of drug-likeness (QED) is 0.786. The summed E-state index contributed by atoms with van der Waals surface area (Å²) in [5.74, 6) is -0.786. The fourth-order valence-electron chi connectivity index (χ4n) is 2.10. The summed E-state index contributed by atoms with van der Waals surface area (Å²) in [6, 6.07) is 4.18. The number of amides is 1. The van der Waals surface area contributed by atoms with Gasteiger partial charge in [-0.2, -0.15) is 0 Å². The zero-order valence-electron chi connectivity index (χ0n) is 13.0. The average molecular weight is 343 g/mol. The van der Waals surface area contributed by atoms with Gasteiger partial charge in [-0.3, -0.25) is 10.1 Å². The van der Waals surface area contributed by atoms with E-state index in [2.05, 4.69) is 20.3 Å². The number of hydrogen-bond donors (Lipinski definition) is 1. The number of carbonyl (C=O) groups excluding carboxylic acids is 1. The van der Waals surface area contributed by atoms with Gasteiger partial charge in [0.25, 0.3) is 5.91 Å². The SMILES string of the molecule is Cc1csc(NC(=O)c2ccc(F)c(N(C)c3cncnc3)c2)n1. The minimum absolute atomic E-state index is 0.257. The molecular weight excluding hydrogens is 329 g/mol. The highest BCUT2D eigenvalue weighted by atomic mass is 32.1. The first-order valence-electron chi connectivity index (χ1n) is 7.06. The van der Waals surface area contributed by atoms with Crippen LogP contribution >= 0.6 is 11.3 Å². The molecule has 0 aliphatic heterocycles. The van der Waals surface area contributed by atoms with Crippen LogP contribution in [0.1, 0.15) is 16.1 Å². The molecule has 0 spiro atoms. The van der Waals surface area contributed by atoms with Crippen LogP contribution in [-0.4, -0.2) is 27.9 Å². The lowest BCUT2D eigenvalue weighted by atomic mass is 10.1. The highest BCUT2D eigenvalue weighted by Gasteiger charge is 2.15. The number of hydrogen-bond acceptors (Lipinski definition) is 6. The van der Waals surface area contributed by atoms with Crippen molar-refractivity contribution in [3.05, 3.63) is 59.4 Å². The molecule has 2 heterocycles. The van der Waals surface area contributed by atoms with Gasteiger partial charge in [-0.1, -0.05) is 0 Å². The molecule has 2 aromatic heterocycles. The summed E-state index contributed by atoms with van der Waals surface area (Å²) in [6.07, 6.45) is 4.53. The summed E-state index contributed by atoms with van der Waals surface area (Å²) < 4.78 is 14.2. The largest absolute Gasteiger partial charge is 0.340 e. The minimum atomic E-state index is -0.442. The van der Waals surface area contributed by atoms with Crippen LogP contribution in [0.25, 0.3) is 0 Å². The van der Waals surface area contributed by atoms with Gasteiger partial charge in [0.15, 0.2) is 5.13 Å². The average Bonchev–Trinajstić information content (AvgIpc) is 3.00. The Balaban J connectivity index is 1.87. The molecule has 0 saturated carbocycles. The second kappa shape index (κ2) is 6.71. The molecule has 3 rings (SSSR count). The zero-order valence-corrected chi connectivity index (χ0v) is 13.8. The van der Waals surface area contributed by atoms with Crippen molar-refractivity contribution in [1.29, 1.82) is 0 Å². The van der Waals surface area contributed by atoms with E-state index in [1.165, 1.54) is 35.9 Å². The summed E-state index contributed by atoms with van der Waals surface area (Å²) in [5.41, 5.74) is 2.04. The molecule has 24 heavy (non-hydrogen) atoms. The molecule has 0 radical (unpaired) electrons. The van der Waals surface area contributed by atoms with Crippen LogP contribution in [0.15, 0.2) is 42.3 Å². The predicted molar refractivity (Wildman–Crippen MR) is 91.3 cm³/mol. The summed E-state index contributed by atoms with van der Waals surface area (Å²) in [4.78, 5) is 25.9. The predicted octanol–water partition coefficient (Wildman–Crippen LogP) is 3.40. The first-order valence-corrected chi connectivity index (χ1v) is 7.94. The molecule has 0 fully saturated rings. The third-order valence-corrected chi connectivity index (χ3v) is 4.22. The number of rotatable bonds is 4. The van der Waals surface area contributed by atoms with E-state index in [-0.39, 0.29) is 11.6 Å². The van der Waals surface area contributed by atoms with E-state index in [1.807, 2.05) is 12.3 Å². The summed E-state index contributed by atoms with van der Waals surface area (Å²) in [7, 11) is 1.68. The number of thiazole rings is 1. The van der Waals surface area contributed by atoms with Gasteiger partial charge in [0, 0.05) is 18.0 Å². The van der Waals surface area contributed by atoms with Crippen molar-refractivity contribution in [2.24, 2.45) is 0 Å². The van der Waals surface area contributed by atoms with Gasteiger partial charge in [-0.15, -0.1) is 11.3 Å². The van der Waals surface area contributed by atoms with Gasteiger partial charge in [-0.05, 0) is 25.1 Å². The fourth-order valence-corrected chi connectivity index (χ4v) is 2.78. The van der Waals surface area contributed by atoms with Crippen LogP contribution in [0.4, 0.5) is 20.9 Å². The standard InChI is InChI=1S/C16H14FN5OS/c1-10-8-24-16(20-10)21-15(23)11-3-4-13(17)14(5-11)22(2)12-6-18-9-19-7-12/h3-9H,1-2H3,(H,20,21,23). The smallest absolute Gasteiger partial charge is 0.257 e. The molecule has 6 nitrogen and oxygen atoms in total. The number of nitrogens with one attached hydrogen (secondary N) is 1. The lowest BCUT2D eigenvalue weighted by Crippen LogP contribution is -2.15. The number of aryl methyl sites for hydroxylation is 1. The Morgan fingerprint density at radius 3 is 2.71 bits per heavy atom. The lowest BCUT2D eigenvalue weighted by molar-refractivity contribution is 0.102. The Morgan fingerprint density at radius 1 is 1.29 bits per heavy atom. The summed E-state index contributed by atoms with van der Waals surface area (Å²) >= 11 is 1.34. The monoisotopic (exact) mass is 343 g/mol. The lowest BCUT2D eigenvalue weighted by Gasteiger charge is -2.19. The Kier molecular flexibility index (Phi) is 4.48. The maximum Gasteiger partial charge on any atom is 0.257 e. The fraction of sp³-hybridized carbons (Fsp3) is 0.125. The van der Waals surface area contributed by atoms with Gasteiger partial charge in [0.05, 0.1) is 29.5 Å². The molecule has 0 unspecified atom stereocenters. The number of anilines is 3. The molecule has 0 aliphatic carbocycles. The Hall–Kier alpha value is -2.87. The molecule has 0 atom stereocenters. The van der Waals surface area contributed by atoms with Gasteiger partial charge < -0.3 is 4.90 Å². The van der Waals surface area contributed by atoms with Gasteiger partial charge >= 0.3 is 0 Å². The van der Waals surface area contributed by atoms with E-state index >= 15 is 0 Å². The second-order valence-electron chi connectivity index (χ2n) is 5.07. The van der Waals surface area contributed by atoms with Crippen LogP contribution in [0.5, 0.6) is 0 Å². The Bertz CT molecular complexity index is 868. The van der Waals surface area contributed by atoms with Crippen molar-refractivity contribution < 1.29 is 9.18 Å². The third-order valence-electron chi connectivity index (χ3n) is 3.34. The number of aromatic nitrogens is 3. The molecule has 0 saturated heterocycles. The van der Waals surface area contributed by atoms with Crippen LogP contribution in [0.3, 0.4) is 0 Å². The zero-order chi connectivity index (χ0) is 17.1. The van der Waals surface area contributed by atoms with Crippen LogP contribution < -0.4 is 10.2 Å². The van der Waals surface area contributed by atoms with E-state index in [0.29, 0.717) is 16.4 Å². The molecule has 8 heteroatoms. The molecule has 0 bridgehead atoms. The molecule has 122 valence electrons. The van der Waals surface area contributed by atoms with E-state index in [0.717, 1.165) is 5.69 Å². The van der Waals surface area contributed by atoms with Crippen molar-refractivity contribution in [3.8, 4) is 0 Å². The van der Waals surface area contributed by atoms with Crippen molar-refractivity contribution in [1.82, 2.24) is 15.0 Å². The van der Waals surface area contributed by atoms with Crippen LogP contribution in [-0.2, 0) is 0 Å². The number of nitrogens with zero attached hydrogens (tertiary/aromatic N) is 4. The Labute approximate surface area is 142 Å². The van der Waals surface area contributed by atoms with Crippen molar-refractivity contribution in [2.75, 3.05) is 17.3 Å². The summed E-state index contributed by atoms with van der Waals surface area (Å²) in [5, 5.41) is 5.06. The van der Waals surface area contributed by atoms with Crippen molar-refractivity contribution in [3.63, 3.8) is 0 Å². The third kappa shape index (κ3) is 3.38. The highest BCUT2D eigenvalue weighted by molar-refractivity contribution is 7.13. The molecular formula is C16H14FN5OS. The number of carbonyl (C=O) groups is 1.